The molecule has 1 aliphatic rings. The van der Waals surface area contributed by atoms with Gasteiger partial charge in [0.05, 0.1) is 11.6 Å². The normalized spacial score (nSPS) is 23.2. The van der Waals surface area contributed by atoms with Gasteiger partial charge in [-0.3, -0.25) is 14.7 Å². The molecule has 0 amide bonds. The first kappa shape index (κ1) is 12.0. The Morgan fingerprint density at radius 1 is 1.59 bits per heavy atom. The number of aromatic nitrogens is 1. The van der Waals surface area contributed by atoms with Crippen molar-refractivity contribution in [2.45, 2.75) is 25.8 Å². The highest BCUT2D eigenvalue weighted by atomic mass is 16.4. The van der Waals surface area contributed by atoms with Crippen molar-refractivity contribution in [2.75, 3.05) is 13.1 Å². The molecule has 0 spiro atoms. The smallest absolute Gasteiger partial charge is 0.307 e. The zero-order valence-electron chi connectivity index (χ0n) is 10.0. The molecule has 0 bridgehead atoms. The van der Waals surface area contributed by atoms with Gasteiger partial charge in [-0.2, -0.15) is 0 Å². The number of likely N-dealkylation sites (tertiary alicyclic amines) is 1. The van der Waals surface area contributed by atoms with Crippen molar-refractivity contribution in [3.05, 3.63) is 30.1 Å². The predicted octanol–water partition coefficient (Wildman–Crippen LogP) is 1.94. The number of hydrogen-bond donors (Lipinski definition) is 1. The molecule has 2 rings (SSSR count). The highest BCUT2D eigenvalue weighted by Crippen LogP contribution is 2.25. The lowest BCUT2D eigenvalue weighted by atomic mass is 9.96. The summed E-state index contributed by atoms with van der Waals surface area (Å²) >= 11 is 0. The predicted molar refractivity (Wildman–Crippen MR) is 64.6 cm³/mol. The van der Waals surface area contributed by atoms with Crippen LogP contribution in [0.1, 0.15) is 31.5 Å². The van der Waals surface area contributed by atoms with Crippen molar-refractivity contribution in [3.63, 3.8) is 0 Å². The van der Waals surface area contributed by atoms with E-state index in [1.807, 2.05) is 18.2 Å². The Hall–Kier alpha value is -1.42. The molecule has 4 nitrogen and oxygen atoms in total. The number of aliphatic carboxylic acids is 1. The van der Waals surface area contributed by atoms with Crippen LogP contribution >= 0.6 is 0 Å². The minimum absolute atomic E-state index is 0.193. The molecule has 1 N–H and O–H groups in total. The summed E-state index contributed by atoms with van der Waals surface area (Å²) in [5.74, 6) is -0.905. The number of hydrogen-bond acceptors (Lipinski definition) is 3. The molecule has 1 aromatic rings. The van der Waals surface area contributed by atoms with Crippen molar-refractivity contribution in [1.29, 1.82) is 0 Å². The molecule has 1 aliphatic heterocycles. The molecule has 0 aliphatic carbocycles. The average Bonchev–Trinajstić information content (AvgIpc) is 2.39. The van der Waals surface area contributed by atoms with Crippen molar-refractivity contribution >= 4 is 5.97 Å². The molecule has 4 heteroatoms. The number of rotatable bonds is 3. The molecule has 0 radical (unpaired) electrons. The van der Waals surface area contributed by atoms with Crippen LogP contribution in [0.2, 0.25) is 0 Å². The van der Waals surface area contributed by atoms with Gasteiger partial charge in [0.2, 0.25) is 0 Å². The minimum atomic E-state index is -0.678. The lowest BCUT2D eigenvalue weighted by Gasteiger charge is -2.34. The molecule has 1 saturated heterocycles. The molecule has 17 heavy (non-hydrogen) atoms. The van der Waals surface area contributed by atoms with Crippen LogP contribution in [-0.2, 0) is 4.79 Å². The summed E-state index contributed by atoms with van der Waals surface area (Å²) in [6, 6.07) is 6.05. The summed E-state index contributed by atoms with van der Waals surface area (Å²) in [4.78, 5) is 17.6. The van der Waals surface area contributed by atoms with Crippen molar-refractivity contribution in [3.8, 4) is 0 Å². The van der Waals surface area contributed by atoms with Gasteiger partial charge in [-0.25, -0.2) is 0 Å². The zero-order chi connectivity index (χ0) is 12.3. The Balaban J connectivity index is 2.05. The van der Waals surface area contributed by atoms with Gasteiger partial charge in [0, 0.05) is 18.8 Å². The molecule has 0 saturated carbocycles. The molecular weight excluding hydrogens is 216 g/mol. The van der Waals surface area contributed by atoms with E-state index in [1.165, 1.54) is 0 Å². The van der Waals surface area contributed by atoms with Crippen LogP contribution in [0.15, 0.2) is 24.4 Å². The van der Waals surface area contributed by atoms with Crippen LogP contribution < -0.4 is 0 Å². The fraction of sp³-hybridized carbons (Fsp3) is 0.538. The Bertz CT molecular complexity index is 380. The van der Waals surface area contributed by atoms with Gasteiger partial charge in [-0.1, -0.05) is 6.07 Å². The molecule has 0 aromatic carbocycles. The van der Waals surface area contributed by atoms with Gasteiger partial charge in [-0.05, 0) is 38.4 Å². The number of carboxylic acids is 1. The quantitative estimate of drug-likeness (QED) is 0.868. The summed E-state index contributed by atoms with van der Waals surface area (Å²) in [5.41, 5.74) is 1.01. The van der Waals surface area contributed by atoms with Gasteiger partial charge in [0.25, 0.3) is 0 Å². The first-order valence-electron chi connectivity index (χ1n) is 6.06. The summed E-state index contributed by atoms with van der Waals surface area (Å²) in [6.45, 7) is 3.68. The fourth-order valence-electron chi connectivity index (χ4n) is 2.37. The standard InChI is InChI=1S/C13H18N2O2/c1-10(12-6-2-3-7-14-12)15-8-4-5-11(9-15)13(16)17/h2-3,6-7,10-11H,4-5,8-9H2,1H3,(H,16,17)/t10-,11+/m1/s1. The van der Waals surface area contributed by atoms with Crippen LogP contribution in [0.4, 0.5) is 0 Å². The van der Waals surface area contributed by atoms with E-state index in [4.69, 9.17) is 5.11 Å². The maximum absolute atomic E-state index is 11.0. The second-order valence-electron chi connectivity index (χ2n) is 4.60. The van der Waals surface area contributed by atoms with Gasteiger partial charge in [0.1, 0.15) is 0 Å². The number of pyridine rings is 1. The number of carbonyl (C=O) groups is 1. The lowest BCUT2D eigenvalue weighted by molar-refractivity contribution is -0.143. The maximum atomic E-state index is 11.0. The van der Waals surface area contributed by atoms with E-state index in [0.717, 1.165) is 25.1 Å². The monoisotopic (exact) mass is 234 g/mol. The van der Waals surface area contributed by atoms with Crippen LogP contribution in [0.5, 0.6) is 0 Å². The number of carboxylic acid groups (broad SMARTS) is 1. The summed E-state index contributed by atoms with van der Waals surface area (Å²) in [5, 5.41) is 9.07. The maximum Gasteiger partial charge on any atom is 0.307 e. The summed E-state index contributed by atoms with van der Waals surface area (Å²) in [6.07, 6.45) is 3.53. The van der Waals surface area contributed by atoms with Crippen LogP contribution in [0, 0.1) is 5.92 Å². The molecule has 2 atom stereocenters. The van der Waals surface area contributed by atoms with Gasteiger partial charge in [-0.15, -0.1) is 0 Å². The molecule has 1 aromatic heterocycles. The van der Waals surface area contributed by atoms with Gasteiger partial charge >= 0.3 is 5.97 Å². The molecular formula is C13H18N2O2. The molecule has 2 heterocycles. The van der Waals surface area contributed by atoms with E-state index < -0.39 is 5.97 Å². The van der Waals surface area contributed by atoms with Gasteiger partial charge < -0.3 is 5.11 Å². The van der Waals surface area contributed by atoms with E-state index in [9.17, 15) is 4.79 Å². The van der Waals surface area contributed by atoms with E-state index in [2.05, 4.69) is 16.8 Å². The Morgan fingerprint density at radius 3 is 3.06 bits per heavy atom. The molecule has 92 valence electrons. The summed E-state index contributed by atoms with van der Waals surface area (Å²) < 4.78 is 0. The highest BCUT2D eigenvalue weighted by molar-refractivity contribution is 5.70. The van der Waals surface area contributed by atoms with E-state index >= 15 is 0 Å². The second kappa shape index (κ2) is 5.27. The third-order valence-corrected chi connectivity index (χ3v) is 3.47. The van der Waals surface area contributed by atoms with E-state index in [-0.39, 0.29) is 12.0 Å². The topological polar surface area (TPSA) is 53.4 Å². The number of piperidine rings is 1. The molecule has 0 unspecified atom stereocenters. The van der Waals surface area contributed by atoms with Gasteiger partial charge in [0.15, 0.2) is 0 Å². The first-order chi connectivity index (χ1) is 8.18. The van der Waals surface area contributed by atoms with E-state index in [0.29, 0.717) is 6.54 Å². The first-order valence-corrected chi connectivity index (χ1v) is 6.06. The zero-order valence-corrected chi connectivity index (χ0v) is 10.0. The van der Waals surface area contributed by atoms with Crippen molar-refractivity contribution in [1.82, 2.24) is 9.88 Å². The van der Waals surface area contributed by atoms with Crippen LogP contribution in [0.25, 0.3) is 0 Å². The third kappa shape index (κ3) is 2.82. The third-order valence-electron chi connectivity index (χ3n) is 3.47. The minimum Gasteiger partial charge on any atom is -0.481 e. The average molecular weight is 234 g/mol. The van der Waals surface area contributed by atoms with Crippen LogP contribution in [0.3, 0.4) is 0 Å². The molecule has 1 fully saturated rings. The Morgan fingerprint density at radius 2 is 2.41 bits per heavy atom. The summed E-state index contributed by atoms with van der Waals surface area (Å²) in [7, 11) is 0. The van der Waals surface area contributed by atoms with Crippen molar-refractivity contribution in [2.24, 2.45) is 5.92 Å². The van der Waals surface area contributed by atoms with Crippen LogP contribution in [-0.4, -0.2) is 34.0 Å². The Labute approximate surface area is 101 Å². The fourth-order valence-corrected chi connectivity index (χ4v) is 2.37. The van der Waals surface area contributed by atoms with E-state index in [1.54, 1.807) is 6.20 Å². The largest absolute Gasteiger partial charge is 0.481 e. The second-order valence-corrected chi connectivity index (χ2v) is 4.60. The van der Waals surface area contributed by atoms with Crippen molar-refractivity contribution < 1.29 is 9.90 Å². The lowest BCUT2D eigenvalue weighted by Crippen LogP contribution is -2.40. The Kier molecular flexibility index (Phi) is 3.74. The number of nitrogens with zero attached hydrogens (tertiary/aromatic N) is 2. The SMILES string of the molecule is C[C@H](c1ccccn1)N1CCC[C@H](C(=O)O)C1. The highest BCUT2D eigenvalue weighted by Gasteiger charge is 2.28.